The van der Waals surface area contributed by atoms with Crippen molar-refractivity contribution in [1.82, 2.24) is 19.7 Å². The monoisotopic (exact) mass is 451 g/mol. The van der Waals surface area contributed by atoms with Gasteiger partial charge in [-0.1, -0.05) is 19.6 Å². The predicted molar refractivity (Wildman–Crippen MR) is 128 cm³/mol. The molecule has 9 heteroatoms. The van der Waals surface area contributed by atoms with E-state index >= 15 is 0 Å². The Morgan fingerprint density at radius 3 is 2.34 bits per heavy atom. The van der Waals surface area contributed by atoms with Crippen molar-refractivity contribution in [2.45, 2.75) is 40.4 Å². The summed E-state index contributed by atoms with van der Waals surface area (Å²) in [6, 6.07) is 2.88. The predicted octanol–water partition coefficient (Wildman–Crippen LogP) is 5.15. The van der Waals surface area contributed by atoms with Crippen LogP contribution >= 0.6 is 0 Å². The minimum absolute atomic E-state index is 0.0367. The number of nitro benzene ring substituents is 1. The van der Waals surface area contributed by atoms with E-state index < -0.39 is 18.8 Å². The van der Waals surface area contributed by atoms with Gasteiger partial charge in [0.15, 0.2) is 0 Å². The Morgan fingerprint density at radius 1 is 1.09 bits per heavy atom. The average Bonchev–Trinajstić information content (AvgIpc) is 3.26. The Labute approximate surface area is 186 Å². The van der Waals surface area contributed by atoms with E-state index in [1.54, 1.807) is 0 Å². The molecule has 0 bridgehead atoms. The molecule has 0 radical (unpaired) electrons. The number of rotatable bonds is 4. The van der Waals surface area contributed by atoms with E-state index in [-0.39, 0.29) is 11.3 Å². The fraction of sp³-hybridized carbons (Fsp3) is 0.304. The van der Waals surface area contributed by atoms with Gasteiger partial charge in [0.1, 0.15) is 11.5 Å². The first-order valence-corrected chi connectivity index (χ1v) is 13.9. The Bertz CT molecular complexity index is 1400. The molecule has 0 spiro atoms. The number of nitrogens with zero attached hydrogens (tertiary/aromatic N) is 4. The molecule has 3 heterocycles. The largest absolute Gasteiger partial charge is 0.347 e. The fourth-order valence-corrected chi connectivity index (χ4v) is 5.71. The molecule has 0 aliphatic heterocycles. The summed E-state index contributed by atoms with van der Waals surface area (Å²) in [4.78, 5) is 19.2. The number of nitrogens with one attached hydrogen (secondary N) is 1. The highest BCUT2D eigenvalue weighted by Gasteiger charge is 2.29. The molecular weight excluding hydrogens is 425 g/mol. The third-order valence-corrected chi connectivity index (χ3v) is 8.03. The number of halogens is 1. The molecule has 32 heavy (non-hydrogen) atoms. The summed E-state index contributed by atoms with van der Waals surface area (Å²) >= 11 is 0. The number of aryl methyl sites for hydroxylation is 2. The number of aromatic nitrogens is 4. The maximum absolute atomic E-state index is 14.8. The van der Waals surface area contributed by atoms with Crippen LogP contribution in [0.3, 0.4) is 0 Å². The van der Waals surface area contributed by atoms with E-state index in [4.69, 9.17) is 0 Å². The van der Waals surface area contributed by atoms with Crippen LogP contribution in [0.5, 0.6) is 0 Å². The van der Waals surface area contributed by atoms with E-state index in [9.17, 15) is 14.5 Å². The fourth-order valence-electron chi connectivity index (χ4n) is 4.19. The second kappa shape index (κ2) is 7.37. The van der Waals surface area contributed by atoms with Gasteiger partial charge in [-0.2, -0.15) is 5.10 Å². The number of hydrogen-bond acceptors (Lipinski definition) is 4. The Kier molecular flexibility index (Phi) is 5.04. The van der Waals surface area contributed by atoms with Crippen LogP contribution in [-0.2, 0) is 7.05 Å². The molecular formula is C23H26FN5O2Si. The van der Waals surface area contributed by atoms with Gasteiger partial charge in [0.05, 0.1) is 24.8 Å². The molecule has 1 N–H and O–H groups in total. The highest BCUT2D eigenvalue weighted by atomic mass is 28.3. The summed E-state index contributed by atoms with van der Waals surface area (Å²) in [5, 5.41) is 17.8. The van der Waals surface area contributed by atoms with Gasteiger partial charge in [-0.25, -0.2) is 9.37 Å². The van der Waals surface area contributed by atoms with Crippen molar-refractivity contribution in [3.8, 4) is 22.3 Å². The molecule has 3 aromatic heterocycles. The standard InChI is InChI=1S/C23H26FN5O2Si/c1-12-16(17-11-26-28(4)14(17)3)10-25-22-20(12)21(23(27-22)32(5,6)7)15-8-18(24)13(2)19(9-15)29(30)31/h8-11H,1-7H3,(H,25,27). The van der Waals surface area contributed by atoms with Crippen molar-refractivity contribution in [2.24, 2.45) is 7.05 Å². The first kappa shape index (κ1) is 21.9. The van der Waals surface area contributed by atoms with Gasteiger partial charge in [0.25, 0.3) is 5.69 Å². The number of aromatic amines is 1. The second-order valence-corrected chi connectivity index (χ2v) is 14.3. The van der Waals surface area contributed by atoms with Crippen LogP contribution in [0.2, 0.25) is 19.6 Å². The van der Waals surface area contributed by atoms with Gasteiger partial charge < -0.3 is 4.98 Å². The van der Waals surface area contributed by atoms with Gasteiger partial charge in [-0.3, -0.25) is 14.8 Å². The Hall–Kier alpha value is -3.33. The lowest BCUT2D eigenvalue weighted by atomic mass is 9.96. The second-order valence-electron chi connectivity index (χ2n) is 9.27. The zero-order valence-corrected chi connectivity index (χ0v) is 20.3. The summed E-state index contributed by atoms with van der Waals surface area (Å²) in [5.74, 6) is -0.588. The molecule has 0 aliphatic rings. The molecule has 0 atom stereocenters. The number of benzene rings is 1. The van der Waals surface area contributed by atoms with Gasteiger partial charge in [-0.15, -0.1) is 0 Å². The van der Waals surface area contributed by atoms with Crippen LogP contribution in [0, 0.1) is 36.7 Å². The van der Waals surface area contributed by atoms with Crippen LogP contribution in [0.4, 0.5) is 10.1 Å². The van der Waals surface area contributed by atoms with E-state index in [2.05, 4.69) is 34.7 Å². The third-order valence-electron chi connectivity index (χ3n) is 6.16. The minimum atomic E-state index is -1.95. The first-order valence-electron chi connectivity index (χ1n) is 10.4. The smallest absolute Gasteiger partial charge is 0.275 e. The number of hydrogen-bond donors (Lipinski definition) is 1. The molecule has 1 aromatic carbocycles. The maximum atomic E-state index is 14.8. The van der Waals surface area contributed by atoms with E-state index in [0.29, 0.717) is 11.2 Å². The van der Waals surface area contributed by atoms with E-state index in [0.717, 1.165) is 38.7 Å². The lowest BCUT2D eigenvalue weighted by Crippen LogP contribution is -2.39. The quantitative estimate of drug-likeness (QED) is 0.264. The van der Waals surface area contributed by atoms with E-state index in [1.165, 1.54) is 19.1 Å². The topological polar surface area (TPSA) is 89.6 Å². The molecule has 166 valence electrons. The van der Waals surface area contributed by atoms with Crippen molar-refractivity contribution in [3.05, 3.63) is 57.3 Å². The van der Waals surface area contributed by atoms with Gasteiger partial charge in [0, 0.05) is 52.4 Å². The summed E-state index contributed by atoms with van der Waals surface area (Å²) in [5.41, 5.74) is 5.70. The zero-order valence-electron chi connectivity index (χ0n) is 19.3. The summed E-state index contributed by atoms with van der Waals surface area (Å²) in [6.07, 6.45) is 3.64. The van der Waals surface area contributed by atoms with Crippen molar-refractivity contribution in [1.29, 1.82) is 0 Å². The molecule has 0 saturated heterocycles. The Morgan fingerprint density at radius 2 is 1.78 bits per heavy atom. The van der Waals surface area contributed by atoms with Crippen molar-refractivity contribution in [2.75, 3.05) is 0 Å². The molecule has 0 fully saturated rings. The van der Waals surface area contributed by atoms with Gasteiger partial charge in [-0.05, 0) is 38.0 Å². The normalized spacial score (nSPS) is 12.0. The van der Waals surface area contributed by atoms with Crippen LogP contribution in [-0.4, -0.2) is 32.7 Å². The van der Waals surface area contributed by atoms with Crippen molar-refractivity contribution < 1.29 is 9.31 Å². The molecule has 0 amide bonds. The summed E-state index contributed by atoms with van der Waals surface area (Å²) in [6.45, 7) is 12.0. The van der Waals surface area contributed by atoms with Crippen LogP contribution in [0.1, 0.15) is 16.8 Å². The van der Waals surface area contributed by atoms with Crippen LogP contribution in [0.25, 0.3) is 33.3 Å². The highest BCUT2D eigenvalue weighted by Crippen LogP contribution is 2.38. The van der Waals surface area contributed by atoms with Gasteiger partial charge >= 0.3 is 0 Å². The summed E-state index contributed by atoms with van der Waals surface area (Å²) in [7, 11) is -0.0618. The third kappa shape index (κ3) is 3.33. The number of H-pyrrole nitrogens is 1. The number of pyridine rings is 1. The summed E-state index contributed by atoms with van der Waals surface area (Å²) < 4.78 is 16.6. The highest BCUT2D eigenvalue weighted by molar-refractivity contribution is 6.89. The SMILES string of the molecule is Cc1c(F)cc(-c2c([Si](C)(C)C)[nH]c3ncc(-c4cnn(C)c4C)c(C)c23)cc1[N+](=O)[O-]. The number of nitro groups is 1. The van der Waals surface area contributed by atoms with Crippen molar-refractivity contribution in [3.63, 3.8) is 0 Å². The first-order chi connectivity index (χ1) is 14.9. The van der Waals surface area contributed by atoms with Gasteiger partial charge in [0.2, 0.25) is 0 Å². The zero-order chi connectivity index (χ0) is 23.5. The lowest BCUT2D eigenvalue weighted by Gasteiger charge is -2.18. The van der Waals surface area contributed by atoms with E-state index in [1.807, 2.05) is 38.0 Å². The molecule has 0 aliphatic carbocycles. The molecule has 4 rings (SSSR count). The molecule has 0 saturated carbocycles. The molecule has 4 aromatic rings. The average molecular weight is 452 g/mol. The Balaban J connectivity index is 2.13. The number of fused-ring (bicyclic) bond motifs is 1. The minimum Gasteiger partial charge on any atom is -0.347 e. The molecule has 0 unspecified atom stereocenters. The maximum Gasteiger partial charge on any atom is 0.275 e. The van der Waals surface area contributed by atoms with Crippen molar-refractivity contribution >= 4 is 30.1 Å². The lowest BCUT2D eigenvalue weighted by molar-refractivity contribution is -0.385. The van der Waals surface area contributed by atoms with Crippen LogP contribution in [0.15, 0.2) is 24.5 Å². The van der Waals surface area contributed by atoms with Crippen LogP contribution < -0.4 is 5.32 Å². The molecule has 7 nitrogen and oxygen atoms in total.